The first kappa shape index (κ1) is 17.6. The fourth-order valence-corrected chi connectivity index (χ4v) is 3.86. The van der Waals surface area contributed by atoms with Crippen LogP contribution in [0.3, 0.4) is 0 Å². The van der Waals surface area contributed by atoms with Gasteiger partial charge in [0.05, 0.1) is 0 Å². The van der Waals surface area contributed by atoms with Crippen LogP contribution in [-0.2, 0) is 5.75 Å². The standard InChI is InChI=1S/C22H23NOS/c1-16-10-11-20(17(2)14-16)22(24)23-12-13-25-15-19-8-5-7-18-6-3-4-9-21(18)19/h3-11,14H,12-13,15H2,1-2H3,(H,23,24). The van der Waals surface area contributed by atoms with Crippen molar-refractivity contribution >= 4 is 28.4 Å². The summed E-state index contributed by atoms with van der Waals surface area (Å²) >= 11 is 1.85. The van der Waals surface area contributed by atoms with E-state index in [1.165, 1.54) is 21.9 Å². The summed E-state index contributed by atoms with van der Waals surface area (Å²) in [5.74, 6) is 1.88. The Bertz CT molecular complexity index is 883. The minimum atomic E-state index is 0.0169. The van der Waals surface area contributed by atoms with Crippen LogP contribution in [0, 0.1) is 13.8 Å². The molecule has 0 spiro atoms. The van der Waals surface area contributed by atoms with E-state index in [9.17, 15) is 4.79 Å². The monoisotopic (exact) mass is 349 g/mol. The minimum absolute atomic E-state index is 0.0169. The molecule has 0 saturated heterocycles. The van der Waals surface area contributed by atoms with Gasteiger partial charge >= 0.3 is 0 Å². The first-order valence-corrected chi connectivity index (χ1v) is 9.70. The number of rotatable bonds is 6. The number of carbonyl (C=O) groups is 1. The maximum Gasteiger partial charge on any atom is 0.251 e. The molecule has 0 aliphatic rings. The molecule has 128 valence electrons. The van der Waals surface area contributed by atoms with E-state index in [0.717, 1.165) is 22.6 Å². The van der Waals surface area contributed by atoms with Crippen LogP contribution in [0.15, 0.2) is 60.7 Å². The first-order chi connectivity index (χ1) is 12.1. The normalized spacial score (nSPS) is 10.8. The SMILES string of the molecule is Cc1ccc(C(=O)NCCSCc2cccc3ccccc23)c(C)c1. The smallest absolute Gasteiger partial charge is 0.251 e. The minimum Gasteiger partial charge on any atom is -0.351 e. The number of carbonyl (C=O) groups excluding carboxylic acids is 1. The zero-order valence-electron chi connectivity index (χ0n) is 14.7. The second kappa shape index (κ2) is 8.21. The highest BCUT2D eigenvalue weighted by molar-refractivity contribution is 7.98. The maximum atomic E-state index is 12.3. The van der Waals surface area contributed by atoms with Crippen LogP contribution in [0.5, 0.6) is 0 Å². The summed E-state index contributed by atoms with van der Waals surface area (Å²) in [6, 6.07) is 20.9. The molecule has 0 bridgehead atoms. The van der Waals surface area contributed by atoms with E-state index in [1.54, 1.807) is 0 Å². The fraction of sp³-hybridized carbons (Fsp3) is 0.227. The quantitative estimate of drug-likeness (QED) is 0.626. The Labute approximate surface area is 153 Å². The van der Waals surface area contributed by atoms with Crippen molar-refractivity contribution < 1.29 is 4.79 Å². The molecular weight excluding hydrogens is 326 g/mol. The molecule has 0 saturated carbocycles. The van der Waals surface area contributed by atoms with E-state index in [1.807, 2.05) is 43.8 Å². The Morgan fingerprint density at radius 2 is 1.80 bits per heavy atom. The molecule has 3 heteroatoms. The third-order valence-corrected chi connectivity index (χ3v) is 5.30. The number of hydrogen-bond acceptors (Lipinski definition) is 2. The second-order valence-electron chi connectivity index (χ2n) is 6.27. The Balaban J connectivity index is 1.49. The summed E-state index contributed by atoms with van der Waals surface area (Å²) < 4.78 is 0. The zero-order chi connectivity index (χ0) is 17.6. The van der Waals surface area contributed by atoms with Gasteiger partial charge < -0.3 is 5.32 Å². The molecule has 0 fully saturated rings. The van der Waals surface area contributed by atoms with Crippen molar-refractivity contribution in [2.75, 3.05) is 12.3 Å². The van der Waals surface area contributed by atoms with Crippen LogP contribution in [0.4, 0.5) is 0 Å². The van der Waals surface area contributed by atoms with E-state index in [0.29, 0.717) is 6.54 Å². The van der Waals surface area contributed by atoms with Gasteiger partial charge in [0.1, 0.15) is 0 Å². The lowest BCUT2D eigenvalue weighted by atomic mass is 10.1. The number of aryl methyl sites for hydroxylation is 2. The molecular formula is C22H23NOS. The molecule has 0 unspecified atom stereocenters. The second-order valence-corrected chi connectivity index (χ2v) is 7.37. The van der Waals surface area contributed by atoms with Gasteiger partial charge in [-0.3, -0.25) is 4.79 Å². The Morgan fingerprint density at radius 3 is 2.64 bits per heavy atom. The highest BCUT2D eigenvalue weighted by atomic mass is 32.2. The van der Waals surface area contributed by atoms with E-state index >= 15 is 0 Å². The molecule has 0 aliphatic carbocycles. The van der Waals surface area contributed by atoms with Crippen molar-refractivity contribution in [3.8, 4) is 0 Å². The van der Waals surface area contributed by atoms with Gasteiger partial charge in [-0.1, -0.05) is 60.2 Å². The van der Waals surface area contributed by atoms with Crippen molar-refractivity contribution in [1.82, 2.24) is 5.32 Å². The van der Waals surface area contributed by atoms with Gasteiger partial charge in [0.2, 0.25) is 0 Å². The number of fused-ring (bicyclic) bond motifs is 1. The summed E-state index contributed by atoms with van der Waals surface area (Å²) in [5.41, 5.74) is 4.33. The highest BCUT2D eigenvalue weighted by Gasteiger charge is 2.08. The molecule has 3 rings (SSSR count). The Kier molecular flexibility index (Phi) is 5.77. The van der Waals surface area contributed by atoms with Crippen LogP contribution < -0.4 is 5.32 Å². The first-order valence-electron chi connectivity index (χ1n) is 8.55. The predicted octanol–water partition coefficient (Wildman–Crippen LogP) is 5.12. The zero-order valence-corrected chi connectivity index (χ0v) is 15.5. The van der Waals surface area contributed by atoms with Gasteiger partial charge in [0.15, 0.2) is 0 Å². The molecule has 0 aromatic heterocycles. The van der Waals surface area contributed by atoms with Crippen molar-refractivity contribution in [3.63, 3.8) is 0 Å². The van der Waals surface area contributed by atoms with Crippen LogP contribution in [-0.4, -0.2) is 18.2 Å². The summed E-state index contributed by atoms with van der Waals surface area (Å²) in [4.78, 5) is 12.3. The van der Waals surface area contributed by atoms with E-state index in [-0.39, 0.29) is 5.91 Å². The van der Waals surface area contributed by atoms with Crippen LogP contribution >= 0.6 is 11.8 Å². The average molecular weight is 349 g/mol. The largest absolute Gasteiger partial charge is 0.351 e. The van der Waals surface area contributed by atoms with Crippen LogP contribution in [0.25, 0.3) is 10.8 Å². The van der Waals surface area contributed by atoms with Crippen LogP contribution in [0.1, 0.15) is 27.0 Å². The number of nitrogens with one attached hydrogen (secondary N) is 1. The van der Waals surface area contributed by atoms with Gasteiger partial charge in [-0.15, -0.1) is 0 Å². The third kappa shape index (κ3) is 4.43. The fourth-order valence-electron chi connectivity index (χ4n) is 3.00. The topological polar surface area (TPSA) is 29.1 Å². The number of hydrogen-bond donors (Lipinski definition) is 1. The summed E-state index contributed by atoms with van der Waals surface area (Å²) in [7, 11) is 0. The molecule has 1 amide bonds. The average Bonchev–Trinajstić information content (AvgIpc) is 2.61. The van der Waals surface area contributed by atoms with Gasteiger partial charge in [0, 0.05) is 23.6 Å². The third-order valence-electron chi connectivity index (χ3n) is 4.30. The van der Waals surface area contributed by atoms with Crippen molar-refractivity contribution in [1.29, 1.82) is 0 Å². The van der Waals surface area contributed by atoms with Gasteiger partial charge in [-0.05, 0) is 41.8 Å². The lowest BCUT2D eigenvalue weighted by Gasteiger charge is -2.09. The Morgan fingerprint density at radius 1 is 1.00 bits per heavy atom. The van der Waals surface area contributed by atoms with Gasteiger partial charge in [0.25, 0.3) is 5.91 Å². The molecule has 3 aromatic carbocycles. The number of amides is 1. The van der Waals surface area contributed by atoms with Crippen molar-refractivity contribution in [2.24, 2.45) is 0 Å². The summed E-state index contributed by atoms with van der Waals surface area (Å²) in [6.07, 6.45) is 0. The molecule has 25 heavy (non-hydrogen) atoms. The molecule has 0 aliphatic heterocycles. The van der Waals surface area contributed by atoms with Crippen LogP contribution in [0.2, 0.25) is 0 Å². The van der Waals surface area contributed by atoms with Gasteiger partial charge in [-0.2, -0.15) is 11.8 Å². The summed E-state index contributed by atoms with van der Waals surface area (Å²) in [5, 5.41) is 5.62. The predicted molar refractivity (Wildman–Crippen MR) is 108 cm³/mol. The maximum absolute atomic E-state index is 12.3. The molecule has 0 radical (unpaired) electrons. The molecule has 0 atom stereocenters. The molecule has 3 aromatic rings. The van der Waals surface area contributed by atoms with Crippen molar-refractivity contribution in [2.45, 2.75) is 19.6 Å². The van der Waals surface area contributed by atoms with E-state index in [4.69, 9.17) is 0 Å². The molecule has 2 nitrogen and oxygen atoms in total. The number of benzene rings is 3. The highest BCUT2D eigenvalue weighted by Crippen LogP contribution is 2.22. The molecule has 1 N–H and O–H groups in total. The van der Waals surface area contributed by atoms with E-state index < -0.39 is 0 Å². The van der Waals surface area contributed by atoms with Gasteiger partial charge in [-0.25, -0.2) is 0 Å². The van der Waals surface area contributed by atoms with E-state index in [2.05, 4.69) is 47.8 Å². The lowest BCUT2D eigenvalue weighted by Crippen LogP contribution is -2.26. The Hall–Kier alpha value is -2.26. The molecule has 0 heterocycles. The lowest BCUT2D eigenvalue weighted by molar-refractivity contribution is 0.0955. The summed E-state index contributed by atoms with van der Waals surface area (Å²) in [6.45, 7) is 4.71. The van der Waals surface area contributed by atoms with Crippen molar-refractivity contribution in [3.05, 3.63) is 82.9 Å². The number of thioether (sulfide) groups is 1.